The highest BCUT2D eigenvalue weighted by Gasteiger charge is 2.17. The Balaban J connectivity index is 1.61. The lowest BCUT2D eigenvalue weighted by Gasteiger charge is -2.29. The first-order chi connectivity index (χ1) is 13.3. The average molecular weight is 383 g/mol. The molecule has 0 spiro atoms. The van der Waals surface area contributed by atoms with Crippen LogP contribution in [0.4, 0.5) is 5.95 Å². The number of thiophene rings is 1. The van der Waals surface area contributed by atoms with Crippen LogP contribution < -0.4 is 5.32 Å². The number of hydrogen-bond acceptors (Lipinski definition) is 6. The Morgan fingerprint density at radius 3 is 2.41 bits per heavy atom. The topological polar surface area (TPSA) is 61.3 Å². The molecule has 0 radical (unpaired) electrons. The van der Waals surface area contributed by atoms with Gasteiger partial charge >= 0.3 is 0 Å². The maximum atomic E-state index is 9.75. The molecule has 3 rings (SSSR count). The minimum atomic E-state index is 0.126. The van der Waals surface area contributed by atoms with Crippen LogP contribution in [-0.2, 0) is 19.6 Å². The van der Waals surface area contributed by atoms with Crippen molar-refractivity contribution >= 4 is 17.3 Å². The van der Waals surface area contributed by atoms with Gasteiger partial charge in [0.1, 0.15) is 0 Å². The predicted molar refractivity (Wildman–Crippen MR) is 111 cm³/mol. The third-order valence-electron chi connectivity index (χ3n) is 4.55. The summed E-state index contributed by atoms with van der Waals surface area (Å²) in [6.07, 6.45) is 4.63. The molecule has 1 unspecified atom stereocenters. The molecule has 0 saturated carbocycles. The summed E-state index contributed by atoms with van der Waals surface area (Å²) in [5, 5.41) is 17.2. The molecule has 2 heterocycles. The van der Waals surface area contributed by atoms with E-state index in [1.54, 1.807) is 11.3 Å². The zero-order valence-corrected chi connectivity index (χ0v) is 16.4. The van der Waals surface area contributed by atoms with E-state index in [4.69, 9.17) is 0 Å². The maximum Gasteiger partial charge on any atom is 0.222 e. The summed E-state index contributed by atoms with van der Waals surface area (Å²) in [4.78, 5) is 11.2. The second-order valence-electron chi connectivity index (χ2n) is 6.54. The standard InChI is InChI=1S/C21H26N4OS/c1-2-20(15-26)25(13-18-8-9-27-16-18)14-19-11-23-21(24-12-19)22-10-17-6-4-3-5-7-17/h3-9,11-12,16,20,26H,2,10,13-15H2,1H3,(H,22,23,24). The van der Waals surface area contributed by atoms with Crippen molar-refractivity contribution in [2.75, 3.05) is 11.9 Å². The van der Waals surface area contributed by atoms with Gasteiger partial charge in [0.25, 0.3) is 0 Å². The molecule has 0 saturated heterocycles. The molecule has 5 nitrogen and oxygen atoms in total. The van der Waals surface area contributed by atoms with E-state index >= 15 is 0 Å². The Hall–Kier alpha value is -2.28. The van der Waals surface area contributed by atoms with Gasteiger partial charge in [-0.05, 0) is 34.4 Å². The molecule has 142 valence electrons. The molecule has 6 heteroatoms. The summed E-state index contributed by atoms with van der Waals surface area (Å²) in [5.74, 6) is 0.626. The van der Waals surface area contributed by atoms with Gasteiger partial charge in [-0.15, -0.1) is 0 Å². The molecule has 2 aromatic heterocycles. The Bertz CT molecular complexity index is 774. The minimum Gasteiger partial charge on any atom is -0.395 e. The summed E-state index contributed by atoms with van der Waals surface area (Å²) in [6.45, 7) is 4.49. The van der Waals surface area contributed by atoms with E-state index in [0.717, 1.165) is 18.5 Å². The lowest BCUT2D eigenvalue weighted by molar-refractivity contribution is 0.106. The molecule has 0 amide bonds. The Kier molecular flexibility index (Phi) is 7.33. The molecule has 3 aromatic rings. The molecule has 1 aromatic carbocycles. The molecule has 0 fully saturated rings. The first kappa shape index (κ1) is 19.5. The zero-order chi connectivity index (χ0) is 18.9. The van der Waals surface area contributed by atoms with Gasteiger partial charge in [-0.2, -0.15) is 11.3 Å². The molecule has 1 atom stereocenters. The lowest BCUT2D eigenvalue weighted by atomic mass is 10.1. The summed E-state index contributed by atoms with van der Waals surface area (Å²) in [5.41, 5.74) is 3.51. The van der Waals surface area contributed by atoms with Crippen molar-refractivity contribution < 1.29 is 5.11 Å². The van der Waals surface area contributed by atoms with Gasteiger partial charge in [-0.1, -0.05) is 37.3 Å². The number of nitrogens with one attached hydrogen (secondary N) is 1. The highest BCUT2D eigenvalue weighted by molar-refractivity contribution is 7.07. The summed E-state index contributed by atoms with van der Waals surface area (Å²) >= 11 is 1.70. The molecular formula is C21H26N4OS. The van der Waals surface area contributed by atoms with Crippen LogP contribution in [0.2, 0.25) is 0 Å². The number of nitrogens with zero attached hydrogens (tertiary/aromatic N) is 3. The normalized spacial score (nSPS) is 12.3. The van der Waals surface area contributed by atoms with Gasteiger partial charge < -0.3 is 10.4 Å². The average Bonchev–Trinajstić information content (AvgIpc) is 3.22. The molecule has 0 aliphatic heterocycles. The smallest absolute Gasteiger partial charge is 0.222 e. The lowest BCUT2D eigenvalue weighted by Crippen LogP contribution is -2.36. The van der Waals surface area contributed by atoms with Crippen molar-refractivity contribution in [3.8, 4) is 0 Å². The fraction of sp³-hybridized carbons (Fsp3) is 0.333. The third-order valence-corrected chi connectivity index (χ3v) is 5.28. The van der Waals surface area contributed by atoms with E-state index in [1.165, 1.54) is 11.1 Å². The summed E-state index contributed by atoms with van der Waals surface area (Å²) < 4.78 is 0. The van der Waals surface area contributed by atoms with E-state index in [2.05, 4.69) is 56.1 Å². The van der Waals surface area contributed by atoms with Crippen molar-refractivity contribution in [3.63, 3.8) is 0 Å². The number of aromatic nitrogens is 2. The minimum absolute atomic E-state index is 0.126. The fourth-order valence-electron chi connectivity index (χ4n) is 2.97. The van der Waals surface area contributed by atoms with Crippen LogP contribution in [0.5, 0.6) is 0 Å². The molecular weight excluding hydrogens is 356 g/mol. The van der Waals surface area contributed by atoms with Crippen molar-refractivity contribution in [1.82, 2.24) is 14.9 Å². The molecule has 0 aliphatic rings. The zero-order valence-electron chi connectivity index (χ0n) is 15.6. The van der Waals surface area contributed by atoms with Gasteiger partial charge in [-0.3, -0.25) is 4.90 Å². The SMILES string of the molecule is CCC(CO)N(Cc1cnc(NCc2ccccc2)nc1)Cc1ccsc1. The van der Waals surface area contributed by atoms with E-state index in [0.29, 0.717) is 19.0 Å². The maximum absolute atomic E-state index is 9.75. The van der Waals surface area contributed by atoms with Gasteiger partial charge in [0, 0.05) is 43.6 Å². The Labute approximate surface area is 164 Å². The monoisotopic (exact) mass is 382 g/mol. The quantitative estimate of drug-likeness (QED) is 0.556. The fourth-order valence-corrected chi connectivity index (χ4v) is 3.63. The Morgan fingerprint density at radius 1 is 1.04 bits per heavy atom. The molecule has 2 N–H and O–H groups in total. The highest BCUT2D eigenvalue weighted by Crippen LogP contribution is 2.17. The second kappa shape index (κ2) is 10.2. The van der Waals surface area contributed by atoms with Crippen LogP contribution >= 0.6 is 11.3 Å². The number of hydrogen-bond donors (Lipinski definition) is 2. The third kappa shape index (κ3) is 5.85. The van der Waals surface area contributed by atoms with Crippen LogP contribution in [0.1, 0.15) is 30.0 Å². The molecule has 0 bridgehead atoms. The van der Waals surface area contributed by atoms with E-state index in [1.807, 2.05) is 30.6 Å². The van der Waals surface area contributed by atoms with Crippen LogP contribution in [0.25, 0.3) is 0 Å². The van der Waals surface area contributed by atoms with Gasteiger partial charge in [-0.25, -0.2) is 9.97 Å². The number of rotatable bonds is 10. The second-order valence-corrected chi connectivity index (χ2v) is 7.32. The predicted octanol–water partition coefficient (Wildman–Crippen LogP) is 3.92. The van der Waals surface area contributed by atoms with Crippen LogP contribution in [0, 0.1) is 0 Å². The van der Waals surface area contributed by atoms with Gasteiger partial charge in [0.15, 0.2) is 0 Å². The van der Waals surface area contributed by atoms with Gasteiger partial charge in [0.2, 0.25) is 5.95 Å². The van der Waals surface area contributed by atoms with Crippen LogP contribution in [0.3, 0.4) is 0 Å². The van der Waals surface area contributed by atoms with Gasteiger partial charge in [0.05, 0.1) is 6.61 Å². The van der Waals surface area contributed by atoms with Crippen molar-refractivity contribution in [3.05, 3.63) is 76.2 Å². The number of benzene rings is 1. The summed E-state index contributed by atoms with van der Waals surface area (Å²) in [7, 11) is 0. The van der Waals surface area contributed by atoms with E-state index in [9.17, 15) is 5.11 Å². The largest absolute Gasteiger partial charge is 0.395 e. The van der Waals surface area contributed by atoms with Crippen molar-refractivity contribution in [1.29, 1.82) is 0 Å². The van der Waals surface area contributed by atoms with Crippen molar-refractivity contribution in [2.24, 2.45) is 0 Å². The van der Waals surface area contributed by atoms with Crippen LogP contribution in [0.15, 0.2) is 59.6 Å². The molecule has 27 heavy (non-hydrogen) atoms. The highest BCUT2D eigenvalue weighted by atomic mass is 32.1. The first-order valence-corrected chi connectivity index (χ1v) is 10.2. The number of anilines is 1. The number of aliphatic hydroxyl groups is 1. The summed E-state index contributed by atoms with van der Waals surface area (Å²) in [6, 6.07) is 12.5. The van der Waals surface area contributed by atoms with Crippen molar-refractivity contribution in [2.45, 2.75) is 39.0 Å². The van der Waals surface area contributed by atoms with E-state index in [-0.39, 0.29) is 12.6 Å². The van der Waals surface area contributed by atoms with E-state index < -0.39 is 0 Å². The Morgan fingerprint density at radius 2 is 1.78 bits per heavy atom. The number of aliphatic hydroxyl groups excluding tert-OH is 1. The first-order valence-electron chi connectivity index (χ1n) is 9.23. The molecule has 0 aliphatic carbocycles. The van der Waals surface area contributed by atoms with Crippen LogP contribution in [-0.4, -0.2) is 32.6 Å².